The molecule has 4 nitrogen and oxygen atoms in total. The molecule has 2 unspecified atom stereocenters. The SMILES string of the molecule is CC(CS(C)=O)NC(=O)[C@H](N)c1ccccc1. The van der Waals surface area contributed by atoms with E-state index in [2.05, 4.69) is 5.32 Å². The molecular weight excluding hydrogens is 236 g/mol. The molecule has 1 amide bonds. The molecule has 0 heterocycles. The largest absolute Gasteiger partial charge is 0.351 e. The molecule has 0 saturated heterocycles. The summed E-state index contributed by atoms with van der Waals surface area (Å²) >= 11 is 0. The van der Waals surface area contributed by atoms with Crippen molar-refractivity contribution in [2.45, 2.75) is 19.0 Å². The highest BCUT2D eigenvalue weighted by Gasteiger charge is 2.17. The van der Waals surface area contributed by atoms with Gasteiger partial charge in [0.1, 0.15) is 6.04 Å². The molecule has 1 aromatic rings. The lowest BCUT2D eigenvalue weighted by molar-refractivity contribution is -0.122. The van der Waals surface area contributed by atoms with Gasteiger partial charge in [-0.3, -0.25) is 9.00 Å². The van der Waals surface area contributed by atoms with Crippen LogP contribution in [-0.4, -0.2) is 28.2 Å². The molecule has 0 aliphatic heterocycles. The first kappa shape index (κ1) is 13.9. The number of nitrogens with one attached hydrogen (secondary N) is 1. The van der Waals surface area contributed by atoms with Crippen molar-refractivity contribution in [3.05, 3.63) is 35.9 Å². The van der Waals surface area contributed by atoms with Gasteiger partial charge in [-0.05, 0) is 12.5 Å². The minimum absolute atomic E-state index is 0.136. The molecule has 3 atom stereocenters. The maximum atomic E-state index is 11.8. The smallest absolute Gasteiger partial charge is 0.241 e. The fraction of sp³-hybridized carbons (Fsp3) is 0.417. The molecule has 0 spiro atoms. The van der Waals surface area contributed by atoms with Crippen molar-refractivity contribution in [2.24, 2.45) is 5.73 Å². The molecule has 1 rings (SSSR count). The van der Waals surface area contributed by atoms with Crippen LogP contribution in [0.5, 0.6) is 0 Å². The van der Waals surface area contributed by atoms with Crippen LogP contribution in [0, 0.1) is 0 Å². The average molecular weight is 254 g/mol. The lowest BCUT2D eigenvalue weighted by Crippen LogP contribution is -2.41. The summed E-state index contributed by atoms with van der Waals surface area (Å²) in [5.41, 5.74) is 6.60. The average Bonchev–Trinajstić information content (AvgIpc) is 2.28. The number of rotatable bonds is 5. The summed E-state index contributed by atoms with van der Waals surface area (Å²) in [4.78, 5) is 11.8. The molecule has 0 bridgehead atoms. The highest BCUT2D eigenvalue weighted by molar-refractivity contribution is 7.84. The summed E-state index contributed by atoms with van der Waals surface area (Å²) < 4.78 is 11.0. The maximum Gasteiger partial charge on any atom is 0.241 e. The summed E-state index contributed by atoms with van der Waals surface area (Å²) in [6, 6.07) is 8.36. The van der Waals surface area contributed by atoms with Gasteiger partial charge in [0.05, 0.1) is 0 Å². The minimum atomic E-state index is -0.925. The molecule has 17 heavy (non-hydrogen) atoms. The van der Waals surface area contributed by atoms with Gasteiger partial charge in [-0.1, -0.05) is 30.3 Å². The molecule has 1 aromatic carbocycles. The second-order valence-electron chi connectivity index (χ2n) is 4.04. The highest BCUT2D eigenvalue weighted by Crippen LogP contribution is 2.09. The molecule has 3 N–H and O–H groups in total. The van der Waals surface area contributed by atoms with E-state index < -0.39 is 16.8 Å². The molecule has 0 aliphatic carbocycles. The van der Waals surface area contributed by atoms with Crippen LogP contribution in [0.1, 0.15) is 18.5 Å². The van der Waals surface area contributed by atoms with Gasteiger partial charge in [0.25, 0.3) is 0 Å². The Hall–Kier alpha value is -1.20. The minimum Gasteiger partial charge on any atom is -0.351 e. The Morgan fingerprint density at radius 1 is 1.41 bits per heavy atom. The molecule has 94 valence electrons. The van der Waals surface area contributed by atoms with Gasteiger partial charge in [0.2, 0.25) is 5.91 Å². The monoisotopic (exact) mass is 254 g/mol. The van der Waals surface area contributed by atoms with Crippen molar-refractivity contribution in [3.63, 3.8) is 0 Å². The Labute approximate surface area is 104 Å². The van der Waals surface area contributed by atoms with E-state index in [0.29, 0.717) is 5.75 Å². The van der Waals surface area contributed by atoms with Crippen LogP contribution in [0.15, 0.2) is 30.3 Å². The van der Waals surface area contributed by atoms with E-state index in [9.17, 15) is 9.00 Å². The molecular formula is C12H18N2O2S. The van der Waals surface area contributed by atoms with Gasteiger partial charge in [-0.15, -0.1) is 0 Å². The lowest BCUT2D eigenvalue weighted by Gasteiger charge is -2.16. The fourth-order valence-electron chi connectivity index (χ4n) is 1.54. The van der Waals surface area contributed by atoms with Crippen LogP contribution >= 0.6 is 0 Å². The lowest BCUT2D eigenvalue weighted by atomic mass is 10.1. The summed E-state index contributed by atoms with van der Waals surface area (Å²) in [6.07, 6.45) is 1.61. The predicted octanol–water partition coefficient (Wildman–Crippen LogP) is 0.570. The first-order valence-corrected chi connectivity index (χ1v) is 7.14. The van der Waals surface area contributed by atoms with E-state index in [1.54, 1.807) is 6.26 Å². The Morgan fingerprint density at radius 3 is 2.53 bits per heavy atom. The van der Waals surface area contributed by atoms with Crippen molar-refractivity contribution in [1.82, 2.24) is 5.32 Å². The second-order valence-corrected chi connectivity index (χ2v) is 5.52. The van der Waals surface area contributed by atoms with Crippen molar-refractivity contribution < 1.29 is 9.00 Å². The van der Waals surface area contributed by atoms with Crippen LogP contribution in [0.2, 0.25) is 0 Å². The molecule has 5 heteroatoms. The first-order valence-electron chi connectivity index (χ1n) is 5.41. The quantitative estimate of drug-likeness (QED) is 0.807. The van der Waals surface area contributed by atoms with Crippen molar-refractivity contribution in [3.8, 4) is 0 Å². The van der Waals surface area contributed by atoms with E-state index in [0.717, 1.165) is 5.56 Å². The molecule has 0 fully saturated rings. The van der Waals surface area contributed by atoms with E-state index in [1.807, 2.05) is 37.3 Å². The van der Waals surface area contributed by atoms with Crippen LogP contribution in [0.3, 0.4) is 0 Å². The number of amides is 1. The van der Waals surface area contributed by atoms with Crippen LogP contribution in [0.25, 0.3) is 0 Å². The van der Waals surface area contributed by atoms with Gasteiger partial charge in [0, 0.05) is 28.9 Å². The van der Waals surface area contributed by atoms with E-state index in [1.165, 1.54) is 0 Å². The van der Waals surface area contributed by atoms with Gasteiger partial charge < -0.3 is 11.1 Å². The number of benzene rings is 1. The molecule has 0 aromatic heterocycles. The zero-order chi connectivity index (χ0) is 12.8. The molecule has 0 saturated carbocycles. The van der Waals surface area contributed by atoms with Gasteiger partial charge in [-0.25, -0.2) is 0 Å². The van der Waals surface area contributed by atoms with E-state index >= 15 is 0 Å². The summed E-state index contributed by atoms with van der Waals surface area (Å²) in [5.74, 6) is 0.196. The summed E-state index contributed by atoms with van der Waals surface area (Å²) in [7, 11) is -0.925. The summed E-state index contributed by atoms with van der Waals surface area (Å²) in [6.45, 7) is 1.82. The van der Waals surface area contributed by atoms with Gasteiger partial charge in [0.15, 0.2) is 0 Å². The standard InChI is InChI=1S/C12H18N2O2S/c1-9(8-17(2)16)14-12(15)11(13)10-6-4-3-5-7-10/h3-7,9,11H,8,13H2,1-2H3,(H,14,15)/t9?,11-,17?/m1/s1. The molecule has 0 aliphatic rings. The normalized spacial score (nSPS) is 15.9. The zero-order valence-corrected chi connectivity index (χ0v) is 10.9. The van der Waals surface area contributed by atoms with Gasteiger partial charge in [-0.2, -0.15) is 0 Å². The third kappa shape index (κ3) is 4.66. The molecule has 0 radical (unpaired) electrons. The van der Waals surface area contributed by atoms with Crippen LogP contribution in [-0.2, 0) is 15.6 Å². The third-order valence-corrected chi connectivity index (χ3v) is 3.28. The third-order valence-electron chi connectivity index (χ3n) is 2.31. The second kappa shape index (κ2) is 6.51. The number of hydrogen-bond acceptors (Lipinski definition) is 3. The number of nitrogens with two attached hydrogens (primary N) is 1. The Balaban J connectivity index is 2.56. The Bertz CT molecular complexity index is 395. The zero-order valence-electron chi connectivity index (χ0n) is 10.1. The van der Waals surface area contributed by atoms with Crippen molar-refractivity contribution in [2.75, 3.05) is 12.0 Å². The Kier molecular flexibility index (Phi) is 5.31. The predicted molar refractivity (Wildman–Crippen MR) is 69.9 cm³/mol. The number of carbonyl (C=O) groups excluding carboxylic acids is 1. The number of hydrogen-bond donors (Lipinski definition) is 2. The van der Waals surface area contributed by atoms with Gasteiger partial charge >= 0.3 is 0 Å². The van der Waals surface area contributed by atoms with Crippen molar-refractivity contribution >= 4 is 16.7 Å². The summed E-state index contributed by atoms with van der Waals surface area (Å²) in [5, 5.41) is 2.75. The number of carbonyl (C=O) groups is 1. The topological polar surface area (TPSA) is 72.2 Å². The maximum absolute atomic E-state index is 11.8. The highest BCUT2D eigenvalue weighted by atomic mass is 32.2. The van der Waals surface area contributed by atoms with Crippen molar-refractivity contribution in [1.29, 1.82) is 0 Å². The Morgan fingerprint density at radius 2 is 2.00 bits per heavy atom. The van der Waals surface area contributed by atoms with E-state index in [4.69, 9.17) is 5.73 Å². The first-order chi connectivity index (χ1) is 8.00. The van der Waals surface area contributed by atoms with Crippen LogP contribution < -0.4 is 11.1 Å². The fourth-order valence-corrected chi connectivity index (χ4v) is 2.33. The van der Waals surface area contributed by atoms with E-state index in [-0.39, 0.29) is 11.9 Å². The van der Waals surface area contributed by atoms with Crippen LogP contribution in [0.4, 0.5) is 0 Å².